The lowest BCUT2D eigenvalue weighted by molar-refractivity contribution is -0.124. The topological polar surface area (TPSA) is 108 Å². The number of anilines is 1. The number of carboxylic acid groups (broad SMARTS) is 1. The Bertz CT molecular complexity index is 1220. The first-order chi connectivity index (χ1) is 17.4. The largest absolute Gasteiger partial charge is 0.477 e. The molecule has 8 nitrogen and oxygen atoms in total. The number of aromatic carboxylic acids is 1. The number of sulfonamides is 1. The molecule has 2 aliphatic rings. The summed E-state index contributed by atoms with van der Waals surface area (Å²) in [6.07, 6.45) is 7.31. The third-order valence-corrected chi connectivity index (χ3v) is 11.0. The fraction of sp³-hybridized carbons (Fsp3) is 0.593. The van der Waals surface area contributed by atoms with Crippen LogP contribution in [0.4, 0.5) is 5.69 Å². The highest BCUT2D eigenvalue weighted by Crippen LogP contribution is 2.41. The predicted octanol–water partition coefficient (Wildman–Crippen LogP) is 5.15. The zero-order chi connectivity index (χ0) is 27.0. The summed E-state index contributed by atoms with van der Waals surface area (Å²) in [6, 6.07) is 4.73. The number of carbonyl (C=O) groups is 2. The minimum atomic E-state index is -3.68. The number of piperidine rings is 1. The number of hydrogen-bond donors (Lipinski definition) is 1. The molecule has 1 saturated heterocycles. The lowest BCUT2D eigenvalue weighted by atomic mass is 9.82. The van der Waals surface area contributed by atoms with Gasteiger partial charge in [0.15, 0.2) is 0 Å². The summed E-state index contributed by atoms with van der Waals surface area (Å²) in [7, 11) is -3.68. The molecule has 0 unspecified atom stereocenters. The molecule has 1 saturated carbocycles. The van der Waals surface area contributed by atoms with E-state index in [1.807, 2.05) is 26.8 Å². The average molecular weight is 548 g/mol. The number of thiophene rings is 1. The zero-order valence-corrected chi connectivity index (χ0v) is 23.6. The van der Waals surface area contributed by atoms with Crippen LogP contribution in [0, 0.1) is 11.8 Å². The van der Waals surface area contributed by atoms with Crippen molar-refractivity contribution in [2.24, 2.45) is 11.8 Å². The number of amides is 1. The van der Waals surface area contributed by atoms with Gasteiger partial charge in [0.25, 0.3) is 0 Å². The third-order valence-electron chi connectivity index (χ3n) is 7.57. The molecule has 0 spiro atoms. The molecule has 1 aliphatic heterocycles. The van der Waals surface area contributed by atoms with Crippen LogP contribution in [0.1, 0.15) is 80.8 Å². The first-order valence-corrected chi connectivity index (χ1v) is 15.3. The minimum Gasteiger partial charge on any atom is -0.477 e. The van der Waals surface area contributed by atoms with E-state index in [2.05, 4.69) is 11.9 Å². The van der Waals surface area contributed by atoms with Gasteiger partial charge in [0, 0.05) is 42.3 Å². The molecule has 0 radical (unpaired) electrons. The van der Waals surface area contributed by atoms with Crippen molar-refractivity contribution in [1.29, 1.82) is 0 Å². The van der Waals surface area contributed by atoms with E-state index in [1.165, 1.54) is 34.1 Å². The third kappa shape index (κ3) is 5.91. The van der Waals surface area contributed by atoms with E-state index in [0.29, 0.717) is 24.4 Å². The van der Waals surface area contributed by atoms with Crippen LogP contribution in [-0.4, -0.2) is 53.8 Å². The Morgan fingerprint density at radius 3 is 2.30 bits per heavy atom. The first-order valence-electron chi connectivity index (χ1n) is 13.0. The second-order valence-corrected chi connectivity index (χ2v) is 14.4. The van der Waals surface area contributed by atoms with Gasteiger partial charge in [-0.1, -0.05) is 27.7 Å². The van der Waals surface area contributed by atoms with Crippen LogP contribution >= 0.6 is 11.3 Å². The van der Waals surface area contributed by atoms with E-state index < -0.39 is 16.0 Å². The van der Waals surface area contributed by atoms with Gasteiger partial charge < -0.3 is 10.0 Å². The lowest BCUT2D eigenvalue weighted by Gasteiger charge is -2.40. The number of carbonyl (C=O) groups excluding carboxylic acids is 1. The van der Waals surface area contributed by atoms with Gasteiger partial charge in [-0.25, -0.2) is 13.2 Å². The number of pyridine rings is 1. The van der Waals surface area contributed by atoms with Crippen LogP contribution in [0.3, 0.4) is 0 Å². The fourth-order valence-corrected chi connectivity index (χ4v) is 7.75. The van der Waals surface area contributed by atoms with Gasteiger partial charge in [0.2, 0.25) is 15.9 Å². The average Bonchev–Trinajstić information content (AvgIpc) is 3.31. The highest BCUT2D eigenvalue weighted by atomic mass is 32.2. The van der Waals surface area contributed by atoms with Gasteiger partial charge >= 0.3 is 5.97 Å². The number of aromatic nitrogens is 1. The van der Waals surface area contributed by atoms with E-state index in [4.69, 9.17) is 0 Å². The SMILES string of the molecule is CC(C)(C)c1cc(N(C(=O)[C@H]2CC[C@H](C)CC2)C2CCN(S(=O)(=O)c3cccnc3)CC2)c(C(=O)O)s1. The van der Waals surface area contributed by atoms with Gasteiger partial charge in [-0.2, -0.15) is 4.31 Å². The summed E-state index contributed by atoms with van der Waals surface area (Å²) in [5, 5.41) is 10.1. The van der Waals surface area contributed by atoms with Crippen LogP contribution in [0.2, 0.25) is 0 Å². The van der Waals surface area contributed by atoms with Crippen molar-refractivity contribution >= 4 is 38.9 Å². The quantitative estimate of drug-likeness (QED) is 0.536. The van der Waals surface area contributed by atoms with Crippen molar-refractivity contribution < 1.29 is 23.1 Å². The molecule has 202 valence electrons. The van der Waals surface area contributed by atoms with Gasteiger partial charge in [-0.3, -0.25) is 9.78 Å². The normalized spacial score (nSPS) is 22.1. The lowest BCUT2D eigenvalue weighted by Crippen LogP contribution is -2.51. The second-order valence-electron chi connectivity index (χ2n) is 11.4. The highest BCUT2D eigenvalue weighted by Gasteiger charge is 2.39. The molecule has 1 aliphatic carbocycles. The number of hydrogen-bond acceptors (Lipinski definition) is 6. The summed E-state index contributed by atoms with van der Waals surface area (Å²) in [5.74, 6) is -0.627. The molecule has 1 amide bonds. The standard InChI is InChI=1S/C27H37N3O5S2/c1-18-7-9-19(10-8-18)25(31)30(22-16-23(27(2,3)4)36-24(22)26(32)33)20-11-14-29(15-12-20)37(34,35)21-6-5-13-28-17-21/h5-6,13,16-20H,7-12,14-15H2,1-4H3,(H,32,33)/t18-,19-. The molecule has 2 aromatic heterocycles. The van der Waals surface area contributed by atoms with Gasteiger partial charge in [0.1, 0.15) is 9.77 Å². The Labute approximate surface area is 223 Å². The van der Waals surface area contributed by atoms with E-state index in [1.54, 1.807) is 11.0 Å². The summed E-state index contributed by atoms with van der Waals surface area (Å²) < 4.78 is 27.7. The van der Waals surface area contributed by atoms with E-state index in [0.717, 1.165) is 30.6 Å². The molecule has 2 fully saturated rings. The van der Waals surface area contributed by atoms with Crippen LogP contribution in [-0.2, 0) is 20.2 Å². The Morgan fingerprint density at radius 2 is 1.76 bits per heavy atom. The highest BCUT2D eigenvalue weighted by molar-refractivity contribution is 7.89. The van der Waals surface area contributed by atoms with E-state index >= 15 is 0 Å². The van der Waals surface area contributed by atoms with Crippen molar-refractivity contribution in [3.05, 3.63) is 40.3 Å². The van der Waals surface area contributed by atoms with Crippen LogP contribution in [0.5, 0.6) is 0 Å². The Morgan fingerprint density at radius 1 is 1.11 bits per heavy atom. The maximum absolute atomic E-state index is 14.0. The summed E-state index contributed by atoms with van der Waals surface area (Å²) in [6.45, 7) is 8.81. The molecule has 2 aromatic rings. The van der Waals surface area contributed by atoms with Crippen LogP contribution in [0.25, 0.3) is 0 Å². The van der Waals surface area contributed by atoms with Crippen molar-refractivity contribution in [3.8, 4) is 0 Å². The van der Waals surface area contributed by atoms with Crippen LogP contribution in [0.15, 0.2) is 35.5 Å². The number of nitrogens with zero attached hydrogens (tertiary/aromatic N) is 3. The predicted molar refractivity (Wildman–Crippen MR) is 145 cm³/mol. The van der Waals surface area contributed by atoms with Gasteiger partial charge in [-0.15, -0.1) is 11.3 Å². The summed E-state index contributed by atoms with van der Waals surface area (Å²) in [4.78, 5) is 33.3. The second kappa shape index (κ2) is 10.8. The molecule has 37 heavy (non-hydrogen) atoms. The van der Waals surface area contributed by atoms with E-state index in [-0.39, 0.29) is 46.1 Å². The first kappa shape index (κ1) is 27.7. The number of carboxylic acids is 1. The molecule has 3 heterocycles. The van der Waals surface area contributed by atoms with Crippen molar-refractivity contribution in [1.82, 2.24) is 9.29 Å². The zero-order valence-electron chi connectivity index (χ0n) is 22.0. The Hall–Kier alpha value is -2.30. The minimum absolute atomic E-state index is 0.0266. The molecule has 10 heteroatoms. The summed E-state index contributed by atoms with van der Waals surface area (Å²) in [5.41, 5.74) is 0.197. The molecular formula is C27H37N3O5S2. The number of rotatable bonds is 6. The molecular weight excluding hydrogens is 510 g/mol. The maximum Gasteiger partial charge on any atom is 0.348 e. The Kier molecular flexibility index (Phi) is 8.11. The Balaban J connectivity index is 1.65. The molecule has 4 rings (SSSR count). The van der Waals surface area contributed by atoms with Crippen molar-refractivity contribution in [3.63, 3.8) is 0 Å². The van der Waals surface area contributed by atoms with Crippen molar-refractivity contribution in [2.75, 3.05) is 18.0 Å². The van der Waals surface area contributed by atoms with Crippen LogP contribution < -0.4 is 4.90 Å². The van der Waals surface area contributed by atoms with Crippen molar-refractivity contribution in [2.45, 2.75) is 82.6 Å². The molecule has 1 N–H and O–H groups in total. The molecule has 0 aromatic carbocycles. The molecule has 0 bridgehead atoms. The van der Waals surface area contributed by atoms with Gasteiger partial charge in [0.05, 0.1) is 5.69 Å². The van der Waals surface area contributed by atoms with Gasteiger partial charge in [-0.05, 0) is 68.1 Å². The maximum atomic E-state index is 14.0. The van der Waals surface area contributed by atoms with E-state index in [9.17, 15) is 23.1 Å². The molecule has 0 atom stereocenters. The fourth-order valence-electron chi connectivity index (χ4n) is 5.27. The smallest absolute Gasteiger partial charge is 0.348 e. The monoisotopic (exact) mass is 547 g/mol. The summed E-state index contributed by atoms with van der Waals surface area (Å²) >= 11 is 1.23.